The molecule has 0 spiro atoms. The van der Waals surface area contributed by atoms with Crippen molar-refractivity contribution in [3.63, 3.8) is 0 Å². The first-order valence-electron chi connectivity index (χ1n) is 8.15. The third-order valence-electron chi connectivity index (χ3n) is 4.63. The van der Waals surface area contributed by atoms with Crippen LogP contribution in [0.3, 0.4) is 0 Å². The van der Waals surface area contributed by atoms with E-state index in [-0.39, 0.29) is 5.41 Å². The van der Waals surface area contributed by atoms with E-state index in [1.54, 1.807) is 0 Å². The first-order chi connectivity index (χ1) is 11.2. The van der Waals surface area contributed by atoms with Crippen molar-refractivity contribution >= 4 is 23.2 Å². The van der Waals surface area contributed by atoms with Gasteiger partial charge >= 0.3 is 0 Å². The van der Waals surface area contributed by atoms with Crippen LogP contribution in [0.25, 0.3) is 11.1 Å². The van der Waals surface area contributed by atoms with Gasteiger partial charge in [0.1, 0.15) is 0 Å². The minimum atomic E-state index is -0.243. The SMILES string of the molecule is CCNCC1(CNCC)c2c(Cl)cccc2-c2cccc(Cl)c21. The molecular formula is C19H22Cl2N2. The number of benzene rings is 2. The molecule has 0 bridgehead atoms. The summed E-state index contributed by atoms with van der Waals surface area (Å²) in [6.45, 7) is 7.68. The van der Waals surface area contributed by atoms with E-state index < -0.39 is 0 Å². The summed E-state index contributed by atoms with van der Waals surface area (Å²) in [5.41, 5.74) is 4.53. The maximum absolute atomic E-state index is 6.66. The Morgan fingerprint density at radius 1 is 0.783 bits per heavy atom. The number of rotatable bonds is 6. The van der Waals surface area contributed by atoms with E-state index in [0.29, 0.717) is 0 Å². The number of hydrogen-bond acceptors (Lipinski definition) is 2. The Balaban J connectivity index is 2.28. The summed E-state index contributed by atoms with van der Waals surface area (Å²) in [5, 5.41) is 8.66. The van der Waals surface area contributed by atoms with Crippen molar-refractivity contribution in [2.75, 3.05) is 26.2 Å². The summed E-state index contributed by atoms with van der Waals surface area (Å²) >= 11 is 13.3. The Morgan fingerprint density at radius 2 is 1.22 bits per heavy atom. The van der Waals surface area contributed by atoms with Crippen LogP contribution in [0.1, 0.15) is 25.0 Å². The minimum absolute atomic E-state index is 0.243. The van der Waals surface area contributed by atoms with Gasteiger partial charge in [0, 0.05) is 28.5 Å². The largest absolute Gasteiger partial charge is 0.316 e. The molecule has 1 aliphatic carbocycles. The Bertz CT molecular complexity index is 651. The molecule has 2 nitrogen and oxygen atoms in total. The lowest BCUT2D eigenvalue weighted by Gasteiger charge is -2.34. The van der Waals surface area contributed by atoms with Crippen molar-refractivity contribution in [2.24, 2.45) is 0 Å². The van der Waals surface area contributed by atoms with Crippen molar-refractivity contribution in [1.82, 2.24) is 10.6 Å². The molecule has 2 N–H and O–H groups in total. The molecule has 0 aliphatic heterocycles. The van der Waals surface area contributed by atoms with Gasteiger partial charge in [-0.3, -0.25) is 0 Å². The van der Waals surface area contributed by atoms with Crippen LogP contribution in [0.2, 0.25) is 10.0 Å². The highest BCUT2D eigenvalue weighted by atomic mass is 35.5. The Hall–Kier alpha value is -1.06. The van der Waals surface area contributed by atoms with Gasteiger partial charge in [-0.05, 0) is 47.5 Å². The fourth-order valence-electron chi connectivity index (χ4n) is 3.69. The first-order valence-corrected chi connectivity index (χ1v) is 8.91. The van der Waals surface area contributed by atoms with Crippen molar-refractivity contribution in [2.45, 2.75) is 19.3 Å². The van der Waals surface area contributed by atoms with Gasteiger partial charge in [0.25, 0.3) is 0 Å². The molecule has 0 saturated heterocycles. The Kier molecular flexibility index (Phi) is 4.98. The monoisotopic (exact) mass is 348 g/mol. The second kappa shape index (κ2) is 6.82. The minimum Gasteiger partial charge on any atom is -0.316 e. The van der Waals surface area contributed by atoms with Crippen LogP contribution >= 0.6 is 23.2 Å². The molecule has 122 valence electrons. The molecule has 3 rings (SSSR count). The molecule has 1 aliphatic rings. The third kappa shape index (κ3) is 2.68. The highest BCUT2D eigenvalue weighted by Crippen LogP contribution is 2.53. The van der Waals surface area contributed by atoms with E-state index in [1.165, 1.54) is 22.3 Å². The Labute approximate surface area is 148 Å². The molecule has 0 unspecified atom stereocenters. The molecule has 0 radical (unpaired) electrons. The maximum atomic E-state index is 6.66. The predicted molar refractivity (Wildman–Crippen MR) is 99.8 cm³/mol. The van der Waals surface area contributed by atoms with Gasteiger partial charge in [-0.2, -0.15) is 0 Å². The van der Waals surface area contributed by atoms with Crippen molar-refractivity contribution in [1.29, 1.82) is 0 Å². The summed E-state index contributed by atoms with van der Waals surface area (Å²) < 4.78 is 0. The fraction of sp³-hybridized carbons (Fsp3) is 0.368. The summed E-state index contributed by atoms with van der Waals surface area (Å²) in [6.07, 6.45) is 0. The summed E-state index contributed by atoms with van der Waals surface area (Å²) in [7, 11) is 0. The molecule has 23 heavy (non-hydrogen) atoms. The molecule has 0 saturated carbocycles. The first kappa shape index (κ1) is 16.8. The lowest BCUT2D eigenvalue weighted by Crippen LogP contribution is -2.46. The van der Waals surface area contributed by atoms with Gasteiger partial charge in [0.05, 0.1) is 0 Å². The van der Waals surface area contributed by atoms with Gasteiger partial charge in [0.2, 0.25) is 0 Å². The Morgan fingerprint density at radius 3 is 1.61 bits per heavy atom. The average molecular weight is 349 g/mol. The number of hydrogen-bond donors (Lipinski definition) is 2. The summed E-state index contributed by atoms with van der Waals surface area (Å²) in [4.78, 5) is 0. The van der Waals surface area contributed by atoms with E-state index in [1.807, 2.05) is 24.3 Å². The molecular weight excluding hydrogens is 327 g/mol. The third-order valence-corrected chi connectivity index (χ3v) is 5.26. The van der Waals surface area contributed by atoms with E-state index in [9.17, 15) is 0 Å². The molecule has 2 aromatic rings. The lowest BCUT2D eigenvalue weighted by atomic mass is 9.77. The van der Waals surface area contributed by atoms with Crippen LogP contribution in [0.4, 0.5) is 0 Å². The van der Waals surface area contributed by atoms with E-state index >= 15 is 0 Å². The predicted octanol–water partition coefficient (Wildman–Crippen LogP) is 4.48. The second-order valence-electron chi connectivity index (χ2n) is 5.97. The molecule has 2 aromatic carbocycles. The quantitative estimate of drug-likeness (QED) is 0.804. The maximum Gasteiger partial charge on any atom is 0.0493 e. The lowest BCUT2D eigenvalue weighted by molar-refractivity contribution is 0.449. The smallest absolute Gasteiger partial charge is 0.0493 e. The van der Waals surface area contributed by atoms with E-state index in [4.69, 9.17) is 23.2 Å². The van der Waals surface area contributed by atoms with Gasteiger partial charge < -0.3 is 10.6 Å². The van der Waals surface area contributed by atoms with E-state index in [0.717, 1.165) is 36.2 Å². The highest BCUT2D eigenvalue weighted by molar-refractivity contribution is 6.34. The number of halogens is 2. The van der Waals surface area contributed by atoms with Crippen LogP contribution in [-0.4, -0.2) is 26.2 Å². The van der Waals surface area contributed by atoms with Crippen molar-refractivity contribution in [3.05, 3.63) is 57.6 Å². The fourth-order valence-corrected chi connectivity index (χ4v) is 4.40. The van der Waals surface area contributed by atoms with Crippen LogP contribution in [0.5, 0.6) is 0 Å². The van der Waals surface area contributed by atoms with Crippen molar-refractivity contribution in [3.8, 4) is 11.1 Å². The van der Waals surface area contributed by atoms with Gasteiger partial charge in [-0.25, -0.2) is 0 Å². The van der Waals surface area contributed by atoms with Crippen LogP contribution in [0.15, 0.2) is 36.4 Å². The average Bonchev–Trinajstić information content (AvgIpc) is 2.84. The molecule has 0 atom stereocenters. The molecule has 0 aromatic heterocycles. The van der Waals surface area contributed by atoms with Crippen LogP contribution < -0.4 is 10.6 Å². The van der Waals surface area contributed by atoms with Crippen LogP contribution in [0, 0.1) is 0 Å². The summed E-state index contributed by atoms with van der Waals surface area (Å²) in [5.74, 6) is 0. The normalized spacial score (nSPS) is 14.6. The zero-order chi connectivity index (χ0) is 16.4. The van der Waals surface area contributed by atoms with E-state index in [2.05, 4.69) is 36.6 Å². The standard InChI is InChI=1S/C19H22Cl2N2/c1-3-22-11-19(12-23-4-2)17-13(7-5-9-15(17)20)14-8-6-10-16(21)18(14)19/h5-10,22-23H,3-4,11-12H2,1-2H3. The zero-order valence-electron chi connectivity index (χ0n) is 13.5. The molecule has 4 heteroatoms. The number of likely N-dealkylation sites (N-methyl/N-ethyl adjacent to an activating group) is 2. The number of nitrogens with one attached hydrogen (secondary N) is 2. The topological polar surface area (TPSA) is 24.1 Å². The van der Waals surface area contributed by atoms with Crippen LogP contribution in [-0.2, 0) is 5.41 Å². The zero-order valence-corrected chi connectivity index (χ0v) is 15.1. The van der Waals surface area contributed by atoms with Crippen molar-refractivity contribution < 1.29 is 0 Å². The van der Waals surface area contributed by atoms with Gasteiger partial charge in [0.15, 0.2) is 0 Å². The highest BCUT2D eigenvalue weighted by Gasteiger charge is 2.45. The molecule has 0 fully saturated rings. The molecule has 0 heterocycles. The van der Waals surface area contributed by atoms with Gasteiger partial charge in [-0.1, -0.05) is 61.3 Å². The summed E-state index contributed by atoms with van der Waals surface area (Å²) in [6, 6.07) is 12.3. The number of fused-ring (bicyclic) bond motifs is 3. The molecule has 0 amide bonds. The van der Waals surface area contributed by atoms with Gasteiger partial charge in [-0.15, -0.1) is 0 Å². The second-order valence-corrected chi connectivity index (χ2v) is 6.78.